The van der Waals surface area contributed by atoms with Crippen LogP contribution in [-0.4, -0.2) is 53.8 Å². The molecule has 0 radical (unpaired) electrons. The molecule has 1 fully saturated rings. The fourth-order valence-corrected chi connectivity index (χ4v) is 3.03. The van der Waals surface area contributed by atoms with E-state index in [1.54, 1.807) is 0 Å². The van der Waals surface area contributed by atoms with Gasteiger partial charge in [-0.1, -0.05) is 30.3 Å². The molecule has 21 heavy (non-hydrogen) atoms. The fourth-order valence-electron chi connectivity index (χ4n) is 2.23. The highest BCUT2D eigenvalue weighted by molar-refractivity contribution is 8.00. The van der Waals surface area contributed by atoms with Crippen LogP contribution in [-0.2, 0) is 4.79 Å². The summed E-state index contributed by atoms with van der Waals surface area (Å²) in [5.41, 5.74) is 0.711. The number of ketones is 1. The minimum atomic E-state index is 0. The standard InChI is InChI=1S/C15H20N2O2S.ClH/c1-12-9-16-7-8-17(12)15(19)11-20-10-14(18)13-5-3-2-4-6-13;/h2-6,12,16H,7-11H2,1H3;1H/t12-;/m0./s1. The first-order valence-electron chi connectivity index (χ1n) is 6.84. The lowest BCUT2D eigenvalue weighted by Gasteiger charge is -2.33. The summed E-state index contributed by atoms with van der Waals surface area (Å²) in [6.07, 6.45) is 0. The van der Waals surface area contributed by atoms with Gasteiger partial charge in [-0.15, -0.1) is 24.2 Å². The SMILES string of the molecule is C[C@H]1CNCCN1C(=O)CSCC(=O)c1ccccc1.Cl. The maximum Gasteiger partial charge on any atom is 0.232 e. The molecule has 1 aromatic rings. The molecule has 1 saturated heterocycles. The molecular formula is C15H21ClN2O2S. The Morgan fingerprint density at radius 1 is 1.29 bits per heavy atom. The summed E-state index contributed by atoms with van der Waals surface area (Å²) in [5, 5.41) is 3.26. The average Bonchev–Trinajstić information content (AvgIpc) is 2.48. The third kappa shape index (κ3) is 5.34. The minimum absolute atomic E-state index is 0. The van der Waals surface area contributed by atoms with Crippen molar-refractivity contribution in [3.05, 3.63) is 35.9 Å². The Balaban J connectivity index is 0.00000220. The lowest BCUT2D eigenvalue weighted by atomic mass is 10.2. The van der Waals surface area contributed by atoms with Gasteiger partial charge < -0.3 is 10.2 Å². The summed E-state index contributed by atoms with van der Waals surface area (Å²) in [7, 11) is 0. The molecule has 0 spiro atoms. The summed E-state index contributed by atoms with van der Waals surface area (Å²) in [6, 6.07) is 9.45. The van der Waals surface area contributed by atoms with Crippen molar-refractivity contribution < 1.29 is 9.59 Å². The predicted octanol–water partition coefficient (Wildman–Crippen LogP) is 1.84. The molecule has 0 aliphatic carbocycles. The summed E-state index contributed by atoms with van der Waals surface area (Å²) >= 11 is 1.40. The Morgan fingerprint density at radius 3 is 2.67 bits per heavy atom. The molecule has 0 saturated carbocycles. The highest BCUT2D eigenvalue weighted by atomic mass is 35.5. The molecule has 6 heteroatoms. The molecule has 1 atom stereocenters. The molecule has 1 aromatic carbocycles. The smallest absolute Gasteiger partial charge is 0.232 e. The van der Waals surface area contributed by atoms with Crippen LogP contribution in [0.15, 0.2) is 30.3 Å². The summed E-state index contributed by atoms with van der Waals surface area (Å²) in [5.74, 6) is 0.945. The van der Waals surface area contributed by atoms with Gasteiger partial charge in [0.25, 0.3) is 0 Å². The van der Waals surface area contributed by atoms with Crippen LogP contribution in [0.4, 0.5) is 0 Å². The first-order valence-corrected chi connectivity index (χ1v) is 8.00. The molecule has 116 valence electrons. The second kappa shape index (κ2) is 9.07. The van der Waals surface area contributed by atoms with Gasteiger partial charge in [-0.25, -0.2) is 0 Å². The zero-order chi connectivity index (χ0) is 14.4. The summed E-state index contributed by atoms with van der Waals surface area (Å²) in [4.78, 5) is 25.9. The zero-order valence-electron chi connectivity index (χ0n) is 12.1. The highest BCUT2D eigenvalue weighted by Crippen LogP contribution is 2.10. The van der Waals surface area contributed by atoms with Crippen LogP contribution in [0.1, 0.15) is 17.3 Å². The van der Waals surface area contributed by atoms with E-state index in [4.69, 9.17) is 0 Å². The van der Waals surface area contributed by atoms with Crippen molar-refractivity contribution >= 4 is 35.9 Å². The lowest BCUT2D eigenvalue weighted by Crippen LogP contribution is -2.52. The number of nitrogens with zero attached hydrogens (tertiary/aromatic N) is 1. The van der Waals surface area contributed by atoms with Gasteiger partial charge in [0.2, 0.25) is 5.91 Å². The summed E-state index contributed by atoms with van der Waals surface area (Å²) < 4.78 is 0. The Hall–Kier alpha value is -1.04. The number of nitrogens with one attached hydrogen (secondary N) is 1. The first-order chi connectivity index (χ1) is 9.68. The van der Waals surface area contributed by atoms with Crippen molar-refractivity contribution in [2.75, 3.05) is 31.1 Å². The van der Waals surface area contributed by atoms with Crippen LogP contribution in [0.3, 0.4) is 0 Å². The monoisotopic (exact) mass is 328 g/mol. The van der Waals surface area contributed by atoms with Gasteiger partial charge in [-0.3, -0.25) is 9.59 Å². The van der Waals surface area contributed by atoms with E-state index in [-0.39, 0.29) is 30.1 Å². The van der Waals surface area contributed by atoms with Crippen molar-refractivity contribution in [3.63, 3.8) is 0 Å². The van der Waals surface area contributed by atoms with Crippen LogP contribution in [0.2, 0.25) is 0 Å². The van der Waals surface area contributed by atoms with Gasteiger partial charge in [0.05, 0.1) is 11.5 Å². The minimum Gasteiger partial charge on any atom is -0.337 e. The van der Waals surface area contributed by atoms with E-state index in [1.807, 2.05) is 42.2 Å². The second-order valence-corrected chi connectivity index (χ2v) is 5.91. The van der Waals surface area contributed by atoms with E-state index in [0.717, 1.165) is 19.6 Å². The molecule has 0 bridgehead atoms. The Morgan fingerprint density at radius 2 is 2.00 bits per heavy atom. The maximum absolute atomic E-state index is 12.1. The van der Waals surface area contributed by atoms with Crippen LogP contribution in [0.5, 0.6) is 0 Å². The van der Waals surface area contributed by atoms with Crippen LogP contribution in [0.25, 0.3) is 0 Å². The number of Topliss-reactive ketones (excluding diaryl/α,β-unsaturated/α-hetero) is 1. The van der Waals surface area contributed by atoms with Crippen molar-refractivity contribution in [2.24, 2.45) is 0 Å². The molecule has 0 unspecified atom stereocenters. The van der Waals surface area contributed by atoms with Crippen molar-refractivity contribution in [3.8, 4) is 0 Å². The number of amides is 1. The van der Waals surface area contributed by atoms with Gasteiger partial charge in [0, 0.05) is 31.2 Å². The number of carbonyl (C=O) groups excluding carboxylic acids is 2. The molecular weight excluding hydrogens is 308 g/mol. The topological polar surface area (TPSA) is 49.4 Å². The Labute approximate surface area is 136 Å². The van der Waals surface area contributed by atoms with Crippen molar-refractivity contribution in [1.82, 2.24) is 10.2 Å². The van der Waals surface area contributed by atoms with Crippen molar-refractivity contribution in [2.45, 2.75) is 13.0 Å². The first kappa shape index (κ1) is 18.0. The number of thioether (sulfide) groups is 1. The normalized spacial score (nSPS) is 18.0. The number of rotatable bonds is 5. The van der Waals surface area contributed by atoms with E-state index in [1.165, 1.54) is 11.8 Å². The van der Waals surface area contributed by atoms with E-state index in [2.05, 4.69) is 5.32 Å². The average molecular weight is 329 g/mol. The quantitative estimate of drug-likeness (QED) is 0.838. The zero-order valence-corrected chi connectivity index (χ0v) is 13.7. The van der Waals surface area contributed by atoms with Gasteiger partial charge in [-0.05, 0) is 6.92 Å². The number of piperazine rings is 1. The lowest BCUT2D eigenvalue weighted by molar-refractivity contribution is -0.131. The molecule has 1 heterocycles. The second-order valence-electron chi connectivity index (χ2n) is 4.92. The van der Waals surface area contributed by atoms with Gasteiger partial charge >= 0.3 is 0 Å². The van der Waals surface area contributed by atoms with E-state index < -0.39 is 0 Å². The molecule has 1 N–H and O–H groups in total. The molecule has 1 amide bonds. The van der Waals surface area contributed by atoms with Crippen LogP contribution < -0.4 is 5.32 Å². The summed E-state index contributed by atoms with van der Waals surface area (Å²) in [6.45, 7) is 4.50. The predicted molar refractivity (Wildman–Crippen MR) is 89.4 cm³/mol. The molecule has 0 aromatic heterocycles. The molecule has 4 nitrogen and oxygen atoms in total. The van der Waals surface area contributed by atoms with Gasteiger partial charge in [0.1, 0.15) is 0 Å². The third-order valence-corrected chi connectivity index (χ3v) is 4.29. The molecule has 1 aliphatic rings. The number of carbonyl (C=O) groups is 2. The highest BCUT2D eigenvalue weighted by Gasteiger charge is 2.22. The van der Waals surface area contributed by atoms with Crippen LogP contribution >= 0.6 is 24.2 Å². The van der Waals surface area contributed by atoms with E-state index in [9.17, 15) is 9.59 Å². The largest absolute Gasteiger partial charge is 0.337 e. The fraction of sp³-hybridized carbons (Fsp3) is 0.467. The Kier molecular flexibility index (Phi) is 7.78. The number of benzene rings is 1. The van der Waals surface area contributed by atoms with Crippen molar-refractivity contribution in [1.29, 1.82) is 0 Å². The number of hydrogen-bond donors (Lipinski definition) is 1. The van der Waals surface area contributed by atoms with E-state index in [0.29, 0.717) is 17.1 Å². The van der Waals surface area contributed by atoms with Gasteiger partial charge in [0.15, 0.2) is 5.78 Å². The number of halogens is 1. The van der Waals surface area contributed by atoms with E-state index >= 15 is 0 Å². The molecule has 2 rings (SSSR count). The van der Waals surface area contributed by atoms with Crippen LogP contribution in [0, 0.1) is 0 Å². The third-order valence-electron chi connectivity index (χ3n) is 3.38. The maximum atomic E-state index is 12.1. The number of hydrogen-bond acceptors (Lipinski definition) is 4. The molecule has 1 aliphatic heterocycles. The van der Waals surface area contributed by atoms with Gasteiger partial charge in [-0.2, -0.15) is 0 Å². The Bertz CT molecular complexity index is 470.